The number of thiazole rings is 1. The molecule has 80 valence electrons. The number of nitrogens with one attached hydrogen (secondary N) is 1. The second kappa shape index (κ2) is 4.77. The number of aromatic nitrogens is 1. The predicted octanol–water partition coefficient (Wildman–Crippen LogP) is 2.94. The molecule has 0 atom stereocenters. The zero-order valence-electron chi connectivity index (χ0n) is 8.90. The number of nitrogens with zero attached hydrogens (tertiary/aromatic N) is 2. The molecule has 1 heterocycles. The fraction of sp³-hybridized carbons (Fsp3) is 0.167. The molecule has 0 fully saturated rings. The van der Waals surface area contributed by atoms with Crippen molar-refractivity contribution in [3.8, 4) is 6.07 Å². The van der Waals surface area contributed by atoms with Crippen LogP contribution in [0, 0.1) is 18.3 Å². The van der Waals surface area contributed by atoms with E-state index < -0.39 is 0 Å². The van der Waals surface area contributed by atoms with Gasteiger partial charge in [-0.25, -0.2) is 4.98 Å². The minimum absolute atomic E-state index is 0.717. The van der Waals surface area contributed by atoms with Crippen molar-refractivity contribution in [1.82, 2.24) is 4.98 Å². The number of nitriles is 1. The SMILES string of the molecule is Cc1cc(NCc2cscn2)ccc1C#N. The molecule has 1 aromatic carbocycles. The Bertz CT molecular complexity index is 512. The second-order valence-corrected chi connectivity index (χ2v) is 4.19. The first-order valence-electron chi connectivity index (χ1n) is 4.91. The zero-order chi connectivity index (χ0) is 11.4. The van der Waals surface area contributed by atoms with Gasteiger partial charge in [0.05, 0.1) is 29.4 Å². The fourth-order valence-electron chi connectivity index (χ4n) is 1.42. The number of hydrogen-bond acceptors (Lipinski definition) is 4. The van der Waals surface area contributed by atoms with Crippen LogP contribution in [0.25, 0.3) is 0 Å². The average molecular weight is 229 g/mol. The molecule has 0 aliphatic carbocycles. The van der Waals surface area contributed by atoms with Gasteiger partial charge in [0.25, 0.3) is 0 Å². The van der Waals surface area contributed by atoms with E-state index >= 15 is 0 Å². The van der Waals surface area contributed by atoms with Gasteiger partial charge in [-0.3, -0.25) is 0 Å². The molecule has 2 rings (SSSR count). The normalized spacial score (nSPS) is 9.75. The maximum absolute atomic E-state index is 8.81. The van der Waals surface area contributed by atoms with E-state index in [1.54, 1.807) is 11.3 Å². The smallest absolute Gasteiger partial charge is 0.0994 e. The Hall–Kier alpha value is -1.86. The van der Waals surface area contributed by atoms with Crippen molar-refractivity contribution in [2.24, 2.45) is 0 Å². The van der Waals surface area contributed by atoms with E-state index in [1.165, 1.54) is 0 Å². The molecule has 0 unspecified atom stereocenters. The molecule has 4 heteroatoms. The third kappa shape index (κ3) is 2.38. The largest absolute Gasteiger partial charge is 0.379 e. The van der Waals surface area contributed by atoms with Crippen LogP contribution in [0.3, 0.4) is 0 Å². The Kier molecular flexibility index (Phi) is 3.18. The average Bonchev–Trinajstić information content (AvgIpc) is 2.79. The first-order valence-corrected chi connectivity index (χ1v) is 5.85. The molecule has 16 heavy (non-hydrogen) atoms. The van der Waals surface area contributed by atoms with Gasteiger partial charge in [-0.05, 0) is 30.7 Å². The lowest BCUT2D eigenvalue weighted by Gasteiger charge is -2.06. The number of anilines is 1. The highest BCUT2D eigenvalue weighted by molar-refractivity contribution is 7.07. The number of hydrogen-bond donors (Lipinski definition) is 1. The highest BCUT2D eigenvalue weighted by atomic mass is 32.1. The van der Waals surface area contributed by atoms with Gasteiger partial charge in [-0.1, -0.05) is 0 Å². The Labute approximate surface area is 98.4 Å². The van der Waals surface area contributed by atoms with Gasteiger partial charge in [-0.15, -0.1) is 11.3 Å². The molecule has 1 aromatic heterocycles. The molecule has 0 amide bonds. The van der Waals surface area contributed by atoms with Crippen molar-refractivity contribution in [2.45, 2.75) is 13.5 Å². The third-order valence-electron chi connectivity index (χ3n) is 2.30. The minimum Gasteiger partial charge on any atom is -0.379 e. The summed E-state index contributed by atoms with van der Waals surface area (Å²) < 4.78 is 0. The third-order valence-corrected chi connectivity index (χ3v) is 2.94. The maximum Gasteiger partial charge on any atom is 0.0994 e. The standard InChI is InChI=1S/C12H11N3S/c1-9-4-11(3-2-10(9)5-13)14-6-12-7-16-8-15-12/h2-4,7-8,14H,6H2,1H3. The first kappa shape index (κ1) is 10.7. The van der Waals surface area contributed by atoms with E-state index in [-0.39, 0.29) is 0 Å². The highest BCUT2D eigenvalue weighted by Gasteiger charge is 1.99. The highest BCUT2D eigenvalue weighted by Crippen LogP contribution is 2.15. The van der Waals surface area contributed by atoms with Crippen molar-refractivity contribution >= 4 is 17.0 Å². The van der Waals surface area contributed by atoms with E-state index in [0.29, 0.717) is 0 Å². The Morgan fingerprint density at radius 3 is 3.00 bits per heavy atom. The van der Waals surface area contributed by atoms with Gasteiger partial charge < -0.3 is 5.32 Å². The van der Waals surface area contributed by atoms with Gasteiger partial charge >= 0.3 is 0 Å². The summed E-state index contributed by atoms with van der Waals surface area (Å²) in [6.45, 7) is 2.65. The lowest BCUT2D eigenvalue weighted by atomic mass is 10.1. The number of aryl methyl sites for hydroxylation is 1. The van der Waals surface area contributed by atoms with Gasteiger partial charge in [0.2, 0.25) is 0 Å². The molecular weight excluding hydrogens is 218 g/mol. The van der Waals surface area contributed by atoms with Crippen LogP contribution in [0.5, 0.6) is 0 Å². The molecule has 2 aromatic rings. The van der Waals surface area contributed by atoms with Gasteiger partial charge in [-0.2, -0.15) is 5.26 Å². The first-order chi connectivity index (χ1) is 7.79. The summed E-state index contributed by atoms with van der Waals surface area (Å²) in [4.78, 5) is 4.19. The molecule has 0 aliphatic rings. The van der Waals surface area contributed by atoms with Crippen LogP contribution in [0.15, 0.2) is 29.1 Å². The molecule has 0 aliphatic heterocycles. The summed E-state index contributed by atoms with van der Waals surface area (Å²) in [7, 11) is 0. The predicted molar refractivity (Wildman–Crippen MR) is 65.3 cm³/mol. The zero-order valence-corrected chi connectivity index (χ0v) is 9.71. The Morgan fingerprint density at radius 1 is 1.50 bits per heavy atom. The number of benzene rings is 1. The molecule has 0 bridgehead atoms. The summed E-state index contributed by atoms with van der Waals surface area (Å²) in [6.07, 6.45) is 0. The second-order valence-electron chi connectivity index (χ2n) is 3.47. The molecule has 3 nitrogen and oxygen atoms in total. The van der Waals surface area contributed by atoms with Crippen LogP contribution in [0.1, 0.15) is 16.8 Å². The summed E-state index contributed by atoms with van der Waals surface area (Å²) in [5.74, 6) is 0. The van der Waals surface area contributed by atoms with Crippen LogP contribution in [-0.4, -0.2) is 4.98 Å². The van der Waals surface area contributed by atoms with Crippen LogP contribution >= 0.6 is 11.3 Å². The lowest BCUT2D eigenvalue weighted by molar-refractivity contribution is 1.07. The van der Waals surface area contributed by atoms with Crippen molar-refractivity contribution < 1.29 is 0 Å². The van der Waals surface area contributed by atoms with Crippen molar-refractivity contribution in [3.63, 3.8) is 0 Å². The summed E-state index contributed by atoms with van der Waals surface area (Å²) in [5, 5.41) is 14.1. The fourth-order valence-corrected chi connectivity index (χ4v) is 1.97. The van der Waals surface area contributed by atoms with Crippen LogP contribution < -0.4 is 5.32 Å². The summed E-state index contributed by atoms with van der Waals surface area (Å²) in [5.41, 5.74) is 5.59. The monoisotopic (exact) mass is 229 g/mol. The maximum atomic E-state index is 8.81. The van der Waals surface area contributed by atoms with Crippen molar-refractivity contribution in [2.75, 3.05) is 5.32 Å². The summed E-state index contributed by atoms with van der Waals surface area (Å²) >= 11 is 1.59. The quantitative estimate of drug-likeness (QED) is 0.880. The van der Waals surface area contributed by atoms with E-state index in [1.807, 2.05) is 36.0 Å². The molecule has 0 spiro atoms. The lowest BCUT2D eigenvalue weighted by Crippen LogP contribution is -1.99. The van der Waals surface area contributed by atoms with Gasteiger partial charge in [0.1, 0.15) is 0 Å². The van der Waals surface area contributed by atoms with Gasteiger partial charge in [0, 0.05) is 11.1 Å². The molecule has 1 N–H and O–H groups in total. The Morgan fingerprint density at radius 2 is 2.38 bits per heavy atom. The van der Waals surface area contributed by atoms with E-state index in [0.717, 1.165) is 29.1 Å². The van der Waals surface area contributed by atoms with Gasteiger partial charge in [0.15, 0.2) is 0 Å². The van der Waals surface area contributed by atoms with Crippen LogP contribution in [0.4, 0.5) is 5.69 Å². The molecule has 0 saturated carbocycles. The van der Waals surface area contributed by atoms with Crippen LogP contribution in [-0.2, 0) is 6.54 Å². The van der Waals surface area contributed by atoms with E-state index in [9.17, 15) is 0 Å². The van der Waals surface area contributed by atoms with E-state index in [4.69, 9.17) is 5.26 Å². The Balaban J connectivity index is 2.06. The molecule has 0 saturated heterocycles. The molecular formula is C12H11N3S. The molecule has 0 radical (unpaired) electrons. The summed E-state index contributed by atoms with van der Waals surface area (Å²) in [6, 6.07) is 7.88. The van der Waals surface area contributed by atoms with Crippen molar-refractivity contribution in [3.05, 3.63) is 45.9 Å². The van der Waals surface area contributed by atoms with Crippen LogP contribution in [0.2, 0.25) is 0 Å². The topological polar surface area (TPSA) is 48.7 Å². The van der Waals surface area contributed by atoms with Crippen molar-refractivity contribution in [1.29, 1.82) is 5.26 Å². The van der Waals surface area contributed by atoms with E-state index in [2.05, 4.69) is 16.4 Å². The number of rotatable bonds is 3. The minimum atomic E-state index is 0.717.